The van der Waals surface area contributed by atoms with Crippen molar-refractivity contribution in [3.8, 4) is 5.75 Å². The lowest BCUT2D eigenvalue weighted by atomic mass is 9.83. The minimum atomic E-state index is 0.391. The van der Waals surface area contributed by atoms with Crippen molar-refractivity contribution in [3.05, 3.63) is 47.5 Å². The largest absolute Gasteiger partial charge is 0.494 e. The summed E-state index contributed by atoms with van der Waals surface area (Å²) in [4.78, 5) is 9.49. The fourth-order valence-electron chi connectivity index (χ4n) is 5.24. The summed E-state index contributed by atoms with van der Waals surface area (Å²) in [5.41, 5.74) is 4.22. The Morgan fingerprint density at radius 1 is 1.17 bits per heavy atom. The molecule has 6 heteroatoms. The Morgan fingerprint density at radius 2 is 2.07 bits per heavy atom. The van der Waals surface area contributed by atoms with Crippen LogP contribution in [-0.4, -0.2) is 71.9 Å². The molecule has 5 rings (SSSR count). The summed E-state index contributed by atoms with van der Waals surface area (Å²) < 4.78 is 13.8. The first-order valence-electron chi connectivity index (χ1n) is 11.1. The Bertz CT molecular complexity index is 830. The average Bonchev–Trinajstić information content (AvgIpc) is 3.40. The molecule has 0 radical (unpaired) electrons. The molecule has 0 unspecified atom stereocenters. The summed E-state index contributed by atoms with van der Waals surface area (Å²) in [5.74, 6) is 1.41. The van der Waals surface area contributed by atoms with Gasteiger partial charge in [0.05, 0.1) is 26.1 Å². The van der Waals surface area contributed by atoms with Crippen molar-refractivity contribution in [3.63, 3.8) is 0 Å². The molecule has 4 heterocycles. The van der Waals surface area contributed by atoms with Gasteiger partial charge in [-0.1, -0.05) is 6.07 Å². The summed E-state index contributed by atoms with van der Waals surface area (Å²) in [5, 5.41) is 0. The van der Waals surface area contributed by atoms with Gasteiger partial charge in [-0.15, -0.1) is 0 Å². The van der Waals surface area contributed by atoms with Crippen LogP contribution in [0.4, 0.5) is 0 Å². The third kappa shape index (κ3) is 3.93. The number of aromatic nitrogens is 2. The molecule has 156 valence electrons. The van der Waals surface area contributed by atoms with Gasteiger partial charge in [-0.25, -0.2) is 4.98 Å². The average molecular weight is 397 g/mol. The third-order valence-corrected chi connectivity index (χ3v) is 6.78. The molecule has 0 bridgehead atoms. The van der Waals surface area contributed by atoms with Gasteiger partial charge in [0.2, 0.25) is 0 Å². The lowest BCUT2D eigenvalue weighted by Gasteiger charge is -2.37. The van der Waals surface area contributed by atoms with Crippen molar-refractivity contribution in [1.82, 2.24) is 19.4 Å². The van der Waals surface area contributed by atoms with Crippen molar-refractivity contribution < 1.29 is 9.47 Å². The van der Waals surface area contributed by atoms with E-state index in [9.17, 15) is 0 Å². The highest BCUT2D eigenvalue weighted by atomic mass is 16.5. The van der Waals surface area contributed by atoms with E-state index < -0.39 is 0 Å². The fourth-order valence-corrected chi connectivity index (χ4v) is 5.24. The Morgan fingerprint density at radius 3 is 2.90 bits per heavy atom. The number of fused-ring (bicyclic) bond motifs is 3. The predicted octanol–water partition coefficient (Wildman–Crippen LogP) is 2.80. The molecule has 3 aliphatic rings. The fraction of sp³-hybridized carbons (Fsp3) is 0.609. The zero-order valence-electron chi connectivity index (χ0n) is 17.4. The van der Waals surface area contributed by atoms with E-state index in [1.807, 2.05) is 12.5 Å². The zero-order chi connectivity index (χ0) is 19.6. The van der Waals surface area contributed by atoms with Crippen LogP contribution in [0.15, 0.2) is 30.7 Å². The van der Waals surface area contributed by atoms with Gasteiger partial charge in [0.25, 0.3) is 0 Å². The zero-order valence-corrected chi connectivity index (χ0v) is 17.4. The van der Waals surface area contributed by atoms with E-state index in [-0.39, 0.29) is 0 Å². The number of nitrogens with zero attached hydrogens (tertiary/aromatic N) is 4. The number of hydrogen-bond donors (Lipinski definition) is 0. The first-order chi connectivity index (χ1) is 14.3. The second kappa shape index (κ2) is 8.46. The molecule has 0 amide bonds. The quantitative estimate of drug-likeness (QED) is 0.703. The van der Waals surface area contributed by atoms with E-state index in [4.69, 9.17) is 9.47 Å². The number of morpholine rings is 1. The van der Waals surface area contributed by atoms with E-state index >= 15 is 0 Å². The maximum Gasteiger partial charge on any atom is 0.119 e. The third-order valence-electron chi connectivity index (χ3n) is 6.78. The molecule has 0 saturated carbocycles. The van der Waals surface area contributed by atoms with E-state index in [1.165, 1.54) is 36.2 Å². The summed E-state index contributed by atoms with van der Waals surface area (Å²) in [6, 6.07) is 7.34. The van der Waals surface area contributed by atoms with E-state index in [2.05, 4.69) is 44.6 Å². The number of imidazole rings is 1. The summed E-state index contributed by atoms with van der Waals surface area (Å²) in [6.07, 6.45) is 7.54. The van der Waals surface area contributed by atoms with Gasteiger partial charge in [-0.2, -0.15) is 0 Å². The molecule has 0 aliphatic carbocycles. The first kappa shape index (κ1) is 19.1. The summed E-state index contributed by atoms with van der Waals surface area (Å²) in [7, 11) is 2.10. The van der Waals surface area contributed by atoms with Crippen LogP contribution in [0.1, 0.15) is 48.0 Å². The normalized spacial score (nSPS) is 25.0. The van der Waals surface area contributed by atoms with Gasteiger partial charge in [-0.3, -0.25) is 9.80 Å². The van der Waals surface area contributed by atoms with Crippen molar-refractivity contribution in [2.45, 2.75) is 31.2 Å². The molecular formula is C23H32N4O2. The van der Waals surface area contributed by atoms with Crippen LogP contribution >= 0.6 is 0 Å². The van der Waals surface area contributed by atoms with E-state index in [1.54, 1.807) is 0 Å². The standard InChI is InChI=1S/C23H32N4O2/c1-25-17-24-15-23(25)21-16-27-8-2-4-22(27)20-14-18(5-6-19(20)21)29-11-3-7-26-9-12-28-13-10-26/h5-6,14-15,17,21-22H,2-4,7-13,16H2,1H3/t21-,22-/m0/s1. The number of ether oxygens (including phenoxy) is 2. The summed E-state index contributed by atoms with van der Waals surface area (Å²) >= 11 is 0. The molecule has 1 aromatic heterocycles. The summed E-state index contributed by atoms with van der Waals surface area (Å²) in [6.45, 7) is 7.98. The highest BCUT2D eigenvalue weighted by Crippen LogP contribution is 2.45. The molecule has 2 aromatic rings. The van der Waals surface area contributed by atoms with Crippen molar-refractivity contribution in [1.29, 1.82) is 0 Å². The van der Waals surface area contributed by atoms with Crippen molar-refractivity contribution >= 4 is 0 Å². The Hall–Kier alpha value is -1.89. The number of benzene rings is 1. The topological polar surface area (TPSA) is 42.8 Å². The smallest absolute Gasteiger partial charge is 0.119 e. The van der Waals surface area contributed by atoms with Gasteiger partial charge < -0.3 is 14.0 Å². The van der Waals surface area contributed by atoms with Crippen LogP contribution < -0.4 is 4.74 Å². The van der Waals surface area contributed by atoms with E-state index in [0.29, 0.717) is 12.0 Å². The molecule has 1 aromatic carbocycles. The minimum Gasteiger partial charge on any atom is -0.494 e. The molecule has 29 heavy (non-hydrogen) atoms. The molecule has 2 fully saturated rings. The van der Waals surface area contributed by atoms with Gasteiger partial charge >= 0.3 is 0 Å². The lowest BCUT2D eigenvalue weighted by molar-refractivity contribution is 0.0358. The van der Waals surface area contributed by atoms with Gasteiger partial charge in [0.1, 0.15) is 5.75 Å². The number of rotatable bonds is 6. The molecule has 6 nitrogen and oxygen atoms in total. The molecule has 3 aliphatic heterocycles. The molecule has 2 saturated heterocycles. The molecule has 2 atom stereocenters. The Balaban J connectivity index is 1.29. The van der Waals surface area contributed by atoms with Crippen LogP contribution in [0.2, 0.25) is 0 Å². The van der Waals surface area contributed by atoms with Crippen LogP contribution in [0.5, 0.6) is 5.75 Å². The maximum absolute atomic E-state index is 6.17. The molecular weight excluding hydrogens is 364 g/mol. The van der Waals surface area contributed by atoms with Gasteiger partial charge in [-0.05, 0) is 49.1 Å². The number of aryl methyl sites for hydroxylation is 1. The lowest BCUT2D eigenvalue weighted by Crippen LogP contribution is -2.37. The van der Waals surface area contributed by atoms with Gasteiger partial charge in [0.15, 0.2) is 0 Å². The van der Waals surface area contributed by atoms with Crippen LogP contribution in [0.3, 0.4) is 0 Å². The Labute approximate surface area is 173 Å². The number of hydrogen-bond acceptors (Lipinski definition) is 5. The SMILES string of the molecule is Cn1cncc1[C@H]1CN2CCC[C@H]2c2cc(OCCCN3CCOCC3)ccc21. The second-order valence-electron chi connectivity index (χ2n) is 8.58. The van der Waals surface area contributed by atoms with Crippen LogP contribution in [0, 0.1) is 0 Å². The van der Waals surface area contributed by atoms with Crippen molar-refractivity contribution in [2.75, 3.05) is 52.5 Å². The second-order valence-corrected chi connectivity index (χ2v) is 8.58. The van der Waals surface area contributed by atoms with Crippen LogP contribution in [-0.2, 0) is 11.8 Å². The molecule has 0 N–H and O–H groups in total. The molecule has 0 spiro atoms. The Kier molecular flexibility index (Phi) is 5.57. The maximum atomic E-state index is 6.17. The van der Waals surface area contributed by atoms with Gasteiger partial charge in [0, 0.05) is 57.1 Å². The van der Waals surface area contributed by atoms with Crippen LogP contribution in [0.25, 0.3) is 0 Å². The van der Waals surface area contributed by atoms with E-state index in [0.717, 1.165) is 58.2 Å². The minimum absolute atomic E-state index is 0.391. The highest BCUT2D eigenvalue weighted by Gasteiger charge is 2.37. The monoisotopic (exact) mass is 396 g/mol. The highest BCUT2D eigenvalue weighted by molar-refractivity contribution is 5.45. The predicted molar refractivity (Wildman–Crippen MR) is 112 cm³/mol. The van der Waals surface area contributed by atoms with Crippen molar-refractivity contribution in [2.24, 2.45) is 7.05 Å². The first-order valence-corrected chi connectivity index (χ1v) is 11.1.